The lowest BCUT2D eigenvalue weighted by Crippen LogP contribution is -2.20. The van der Waals surface area contributed by atoms with Crippen molar-refractivity contribution in [2.45, 2.75) is 6.18 Å². The molecule has 0 aliphatic carbocycles. The second-order valence-electron chi connectivity index (χ2n) is 7.58. The zero-order chi connectivity index (χ0) is 27.9. The Bertz CT molecular complexity index is 1440. The van der Waals surface area contributed by atoms with Crippen LogP contribution in [0.3, 0.4) is 0 Å². The molecule has 0 bridgehead atoms. The summed E-state index contributed by atoms with van der Waals surface area (Å²) in [6.45, 7) is -0.366. The number of nitriles is 1. The molecule has 38 heavy (non-hydrogen) atoms. The summed E-state index contributed by atoms with van der Waals surface area (Å²) >= 11 is 11.8. The van der Waals surface area contributed by atoms with E-state index in [1.807, 2.05) is 0 Å². The third-order valence-corrected chi connectivity index (χ3v) is 5.61. The van der Waals surface area contributed by atoms with E-state index in [4.69, 9.17) is 32.7 Å². The van der Waals surface area contributed by atoms with E-state index < -0.39 is 23.6 Å². The zero-order valence-electron chi connectivity index (χ0n) is 19.5. The van der Waals surface area contributed by atoms with Crippen LogP contribution in [0.5, 0.6) is 11.5 Å². The number of anilines is 2. The molecule has 0 aliphatic heterocycles. The molecule has 0 saturated heterocycles. The summed E-state index contributed by atoms with van der Waals surface area (Å²) in [4.78, 5) is 24.7. The van der Waals surface area contributed by atoms with Gasteiger partial charge in [-0.25, -0.2) is 0 Å². The van der Waals surface area contributed by atoms with E-state index in [-0.39, 0.29) is 34.4 Å². The number of benzene rings is 3. The van der Waals surface area contributed by atoms with Crippen LogP contribution in [0.1, 0.15) is 11.1 Å². The van der Waals surface area contributed by atoms with Crippen LogP contribution in [-0.4, -0.2) is 25.5 Å². The van der Waals surface area contributed by atoms with Gasteiger partial charge in [-0.15, -0.1) is 0 Å². The van der Waals surface area contributed by atoms with Crippen molar-refractivity contribution in [3.63, 3.8) is 0 Å². The van der Waals surface area contributed by atoms with Crippen molar-refractivity contribution in [2.24, 2.45) is 0 Å². The highest BCUT2D eigenvalue weighted by Crippen LogP contribution is 2.31. The fourth-order valence-electron chi connectivity index (χ4n) is 3.09. The number of nitrogens with one attached hydrogen (secondary N) is 2. The lowest BCUT2D eigenvalue weighted by Gasteiger charge is -2.12. The summed E-state index contributed by atoms with van der Waals surface area (Å²) in [5, 5.41) is 14.9. The minimum absolute atomic E-state index is 0.119. The van der Waals surface area contributed by atoms with E-state index in [1.54, 1.807) is 12.1 Å². The van der Waals surface area contributed by atoms with Crippen molar-refractivity contribution < 1.29 is 32.2 Å². The molecule has 0 fully saturated rings. The van der Waals surface area contributed by atoms with Gasteiger partial charge in [0.2, 0.25) is 0 Å². The maximum absolute atomic E-state index is 12.9. The molecule has 196 valence electrons. The molecule has 0 heterocycles. The first kappa shape index (κ1) is 28.4. The zero-order valence-corrected chi connectivity index (χ0v) is 21.0. The van der Waals surface area contributed by atoms with Crippen LogP contribution in [0, 0.1) is 11.3 Å². The highest BCUT2D eigenvalue weighted by molar-refractivity contribution is 6.42. The third kappa shape index (κ3) is 7.65. The number of alkyl halides is 3. The van der Waals surface area contributed by atoms with E-state index in [9.17, 15) is 28.0 Å². The van der Waals surface area contributed by atoms with Gasteiger partial charge in [0.1, 0.15) is 11.6 Å². The van der Waals surface area contributed by atoms with Crippen LogP contribution in [0.2, 0.25) is 10.0 Å². The normalized spacial score (nSPS) is 11.3. The maximum atomic E-state index is 12.9. The Hall–Kier alpha value is -4.20. The first-order valence-electron chi connectivity index (χ1n) is 10.7. The summed E-state index contributed by atoms with van der Waals surface area (Å²) in [5.74, 6) is -0.963. The molecule has 3 rings (SSSR count). The quantitative estimate of drug-likeness (QED) is 0.238. The van der Waals surface area contributed by atoms with Gasteiger partial charge in [0.05, 0.1) is 22.7 Å². The van der Waals surface area contributed by atoms with Gasteiger partial charge in [0.25, 0.3) is 11.8 Å². The number of nitrogens with zero attached hydrogens (tertiary/aromatic N) is 1. The monoisotopic (exact) mass is 563 g/mol. The molecule has 0 aliphatic rings. The molecule has 0 spiro atoms. The van der Waals surface area contributed by atoms with Crippen LogP contribution in [0.25, 0.3) is 6.08 Å². The van der Waals surface area contributed by atoms with Gasteiger partial charge in [0, 0.05) is 11.4 Å². The molecule has 2 N–H and O–H groups in total. The van der Waals surface area contributed by atoms with Crippen LogP contribution in [0.15, 0.2) is 66.2 Å². The lowest BCUT2D eigenvalue weighted by atomic mass is 10.1. The van der Waals surface area contributed by atoms with Crippen molar-refractivity contribution in [3.8, 4) is 17.6 Å². The molecule has 7 nitrogen and oxygen atoms in total. The lowest BCUT2D eigenvalue weighted by molar-refractivity contribution is -0.137. The van der Waals surface area contributed by atoms with Crippen LogP contribution >= 0.6 is 23.2 Å². The molecule has 2 amide bonds. The maximum Gasteiger partial charge on any atom is 0.416 e. The highest BCUT2D eigenvalue weighted by Gasteiger charge is 2.30. The van der Waals surface area contributed by atoms with E-state index in [1.165, 1.54) is 49.6 Å². The summed E-state index contributed by atoms with van der Waals surface area (Å²) in [5.41, 5.74) is -0.632. The number of amides is 2. The van der Waals surface area contributed by atoms with Gasteiger partial charge in [-0.05, 0) is 60.2 Å². The van der Waals surface area contributed by atoms with Gasteiger partial charge >= 0.3 is 6.18 Å². The molecular formula is C26H18Cl2F3N3O4. The highest BCUT2D eigenvalue weighted by atomic mass is 35.5. The second-order valence-corrected chi connectivity index (χ2v) is 8.39. The molecule has 0 unspecified atom stereocenters. The number of ether oxygens (including phenoxy) is 2. The van der Waals surface area contributed by atoms with Crippen LogP contribution in [-0.2, 0) is 15.8 Å². The van der Waals surface area contributed by atoms with Crippen molar-refractivity contribution in [2.75, 3.05) is 24.4 Å². The van der Waals surface area contributed by atoms with E-state index in [0.717, 1.165) is 18.2 Å². The first-order chi connectivity index (χ1) is 18.0. The number of carbonyl (C=O) groups is 2. The Kier molecular flexibility index (Phi) is 9.23. The van der Waals surface area contributed by atoms with Gasteiger partial charge in [0.15, 0.2) is 18.1 Å². The van der Waals surface area contributed by atoms with Gasteiger partial charge < -0.3 is 20.1 Å². The Morgan fingerprint density at radius 2 is 1.71 bits per heavy atom. The van der Waals surface area contributed by atoms with Crippen molar-refractivity contribution in [1.29, 1.82) is 5.26 Å². The fraction of sp³-hybridized carbons (Fsp3) is 0.115. The van der Waals surface area contributed by atoms with E-state index in [2.05, 4.69) is 10.6 Å². The summed E-state index contributed by atoms with van der Waals surface area (Å²) in [6, 6.07) is 14.8. The van der Waals surface area contributed by atoms with E-state index >= 15 is 0 Å². The molecule has 12 heteroatoms. The molecule has 3 aromatic carbocycles. The van der Waals surface area contributed by atoms with E-state index in [0.29, 0.717) is 16.3 Å². The van der Waals surface area contributed by atoms with Gasteiger partial charge in [-0.3, -0.25) is 9.59 Å². The minimum Gasteiger partial charge on any atom is -0.493 e. The number of hydrogen-bond donors (Lipinski definition) is 2. The number of methoxy groups -OCH3 is 1. The standard InChI is InChI=1S/C26H18Cl2F3N3O4/c1-37-23-10-15(5-8-22(23)38-14-24(35)33-19-6-7-20(27)21(28)12-19)9-16(13-32)25(36)34-18-4-2-3-17(11-18)26(29,30)31/h2-12H,14H2,1H3,(H,33,35)(H,34,36)/b16-9+. The topological polar surface area (TPSA) is 100 Å². The number of halogens is 5. The molecule has 0 radical (unpaired) electrons. The molecule has 3 aromatic rings. The fourth-order valence-corrected chi connectivity index (χ4v) is 3.39. The SMILES string of the molecule is COc1cc(/C=C(\C#N)C(=O)Nc2cccc(C(F)(F)F)c2)ccc1OCC(=O)Nc1ccc(Cl)c(Cl)c1. The summed E-state index contributed by atoms with van der Waals surface area (Å²) < 4.78 is 49.5. The average molecular weight is 564 g/mol. The van der Waals surface area contributed by atoms with Crippen LogP contribution in [0.4, 0.5) is 24.5 Å². The summed E-state index contributed by atoms with van der Waals surface area (Å²) in [6.07, 6.45) is -3.36. The minimum atomic E-state index is -4.58. The predicted octanol–water partition coefficient (Wildman–Crippen LogP) is 6.58. The smallest absolute Gasteiger partial charge is 0.416 e. The summed E-state index contributed by atoms with van der Waals surface area (Å²) in [7, 11) is 1.36. The largest absolute Gasteiger partial charge is 0.493 e. The second kappa shape index (κ2) is 12.4. The molecular weight excluding hydrogens is 546 g/mol. The Labute approximate surface area is 225 Å². The molecule has 0 atom stereocenters. The molecule has 0 saturated carbocycles. The van der Waals surface area contributed by atoms with Gasteiger partial charge in [-0.2, -0.15) is 18.4 Å². The number of rotatable bonds is 8. The molecule has 0 aromatic heterocycles. The van der Waals surface area contributed by atoms with Crippen molar-refractivity contribution in [1.82, 2.24) is 0 Å². The Balaban J connectivity index is 1.69. The Morgan fingerprint density at radius 1 is 0.974 bits per heavy atom. The Morgan fingerprint density at radius 3 is 2.37 bits per heavy atom. The predicted molar refractivity (Wildman–Crippen MR) is 137 cm³/mol. The van der Waals surface area contributed by atoms with Crippen molar-refractivity contribution in [3.05, 3.63) is 87.4 Å². The first-order valence-corrected chi connectivity index (χ1v) is 11.4. The van der Waals surface area contributed by atoms with Gasteiger partial charge in [-0.1, -0.05) is 35.3 Å². The number of carbonyl (C=O) groups excluding carboxylic acids is 2. The van der Waals surface area contributed by atoms with Crippen molar-refractivity contribution >= 4 is 52.5 Å². The third-order valence-electron chi connectivity index (χ3n) is 4.87. The van der Waals surface area contributed by atoms with Crippen LogP contribution < -0.4 is 20.1 Å². The average Bonchev–Trinajstić information content (AvgIpc) is 2.88. The number of hydrogen-bond acceptors (Lipinski definition) is 5.